The zero-order chi connectivity index (χ0) is 18.0. The maximum Gasteiger partial charge on any atom is 0.336 e. The van der Waals surface area contributed by atoms with Gasteiger partial charge in [-0.15, -0.1) is 0 Å². The Labute approximate surface area is 149 Å². The molecule has 3 rings (SSSR count). The zero-order valence-electron chi connectivity index (χ0n) is 15.6. The molecular formula is C21H28N2O2. The van der Waals surface area contributed by atoms with Crippen molar-refractivity contribution < 1.29 is 9.53 Å². The summed E-state index contributed by atoms with van der Waals surface area (Å²) in [7, 11) is 0. The van der Waals surface area contributed by atoms with Gasteiger partial charge < -0.3 is 14.6 Å². The minimum Gasteiger partial charge on any atom is -0.463 e. The molecular weight excluding hydrogens is 312 g/mol. The van der Waals surface area contributed by atoms with Crippen molar-refractivity contribution in [2.75, 3.05) is 19.7 Å². The van der Waals surface area contributed by atoms with Crippen LogP contribution < -0.4 is 0 Å². The third-order valence-corrected chi connectivity index (χ3v) is 5.05. The highest BCUT2D eigenvalue weighted by molar-refractivity contribution is 5.92. The van der Waals surface area contributed by atoms with Gasteiger partial charge in [0.15, 0.2) is 0 Å². The second kappa shape index (κ2) is 7.34. The molecule has 1 N–H and O–H groups in total. The Morgan fingerprint density at radius 2 is 2.08 bits per heavy atom. The maximum atomic E-state index is 12.7. The summed E-state index contributed by atoms with van der Waals surface area (Å²) in [6, 6.07) is 8.42. The summed E-state index contributed by atoms with van der Waals surface area (Å²) in [5, 5.41) is 1.27. The van der Waals surface area contributed by atoms with E-state index in [9.17, 15) is 4.79 Å². The van der Waals surface area contributed by atoms with E-state index >= 15 is 0 Å². The molecule has 0 aliphatic carbocycles. The lowest BCUT2D eigenvalue weighted by Crippen LogP contribution is -2.29. The van der Waals surface area contributed by atoms with Crippen LogP contribution in [0.4, 0.5) is 0 Å². The van der Waals surface area contributed by atoms with E-state index in [0.29, 0.717) is 12.5 Å². The molecule has 1 aliphatic rings. The molecule has 0 spiro atoms. The molecule has 1 aliphatic heterocycles. The van der Waals surface area contributed by atoms with Crippen LogP contribution in [0.2, 0.25) is 0 Å². The van der Waals surface area contributed by atoms with Crippen molar-refractivity contribution in [1.82, 2.24) is 9.88 Å². The zero-order valence-corrected chi connectivity index (χ0v) is 15.6. The first-order chi connectivity index (χ1) is 12.1. The molecule has 1 unspecified atom stereocenters. The van der Waals surface area contributed by atoms with Crippen molar-refractivity contribution in [2.24, 2.45) is 5.92 Å². The van der Waals surface area contributed by atoms with Gasteiger partial charge in [-0.3, -0.25) is 0 Å². The van der Waals surface area contributed by atoms with E-state index in [1.165, 1.54) is 16.6 Å². The lowest BCUT2D eigenvalue weighted by molar-refractivity contribution is -0.139. The number of nitrogens with zero attached hydrogens (tertiary/aromatic N) is 1. The number of nitrogens with one attached hydrogen (secondary N) is 1. The number of carbonyl (C=O) groups is 1. The Bertz CT molecular complexity index is 788. The molecule has 4 nitrogen and oxygen atoms in total. The topological polar surface area (TPSA) is 45.3 Å². The van der Waals surface area contributed by atoms with Crippen LogP contribution in [0.1, 0.15) is 44.9 Å². The van der Waals surface area contributed by atoms with Gasteiger partial charge in [0.25, 0.3) is 0 Å². The molecule has 134 valence electrons. The lowest BCUT2D eigenvalue weighted by atomic mass is 9.82. The SMILES string of the molecule is CCOC(=O)/C1=C/N(CC)CCc2c([nH]c3ccccc23)C1C(C)C. The average Bonchev–Trinajstić information content (AvgIpc) is 2.92. The standard InChI is InChI=1S/C21H28N2O2/c1-5-23-12-11-16-15-9-7-8-10-18(15)22-20(16)19(14(3)4)17(13-23)21(24)25-6-2/h7-10,13-14,19,22H,5-6,11-12H2,1-4H3/b17-13+. The highest BCUT2D eigenvalue weighted by atomic mass is 16.5. The predicted octanol–water partition coefficient (Wildman–Crippen LogP) is 4.23. The number of aromatic nitrogens is 1. The van der Waals surface area contributed by atoms with Gasteiger partial charge in [-0.25, -0.2) is 4.79 Å². The molecule has 0 fully saturated rings. The van der Waals surface area contributed by atoms with Crippen LogP contribution in [-0.4, -0.2) is 35.5 Å². The molecule has 0 bridgehead atoms. The van der Waals surface area contributed by atoms with Crippen LogP contribution in [0, 0.1) is 5.92 Å². The highest BCUT2D eigenvalue weighted by Crippen LogP contribution is 2.39. The highest BCUT2D eigenvalue weighted by Gasteiger charge is 2.32. The number of ether oxygens (including phenoxy) is 1. The smallest absolute Gasteiger partial charge is 0.336 e. The van der Waals surface area contributed by atoms with E-state index in [1.807, 2.05) is 13.1 Å². The normalized spacial score (nSPS) is 20.0. The van der Waals surface area contributed by atoms with Gasteiger partial charge in [-0.05, 0) is 37.8 Å². The number of para-hydroxylation sites is 1. The van der Waals surface area contributed by atoms with E-state index in [-0.39, 0.29) is 11.9 Å². The van der Waals surface area contributed by atoms with Crippen LogP contribution in [0.3, 0.4) is 0 Å². The number of aromatic amines is 1. The van der Waals surface area contributed by atoms with Crippen molar-refractivity contribution >= 4 is 16.9 Å². The minimum absolute atomic E-state index is 0.01000. The molecule has 0 amide bonds. The molecule has 1 aromatic heterocycles. The number of hydrogen-bond donors (Lipinski definition) is 1. The molecule has 0 radical (unpaired) electrons. The van der Waals surface area contributed by atoms with E-state index in [4.69, 9.17) is 4.74 Å². The third-order valence-electron chi connectivity index (χ3n) is 5.05. The van der Waals surface area contributed by atoms with Crippen LogP contribution in [0.25, 0.3) is 10.9 Å². The van der Waals surface area contributed by atoms with E-state index in [0.717, 1.165) is 30.6 Å². The monoisotopic (exact) mass is 340 g/mol. The molecule has 0 saturated heterocycles. The number of fused-ring (bicyclic) bond motifs is 3. The van der Waals surface area contributed by atoms with Gasteiger partial charge in [0.2, 0.25) is 0 Å². The number of esters is 1. The molecule has 0 saturated carbocycles. The predicted molar refractivity (Wildman–Crippen MR) is 102 cm³/mol. The summed E-state index contributed by atoms with van der Waals surface area (Å²) in [5.74, 6) is 0.0984. The van der Waals surface area contributed by atoms with Gasteiger partial charge in [0.05, 0.1) is 12.2 Å². The molecule has 25 heavy (non-hydrogen) atoms. The van der Waals surface area contributed by atoms with E-state index < -0.39 is 0 Å². The van der Waals surface area contributed by atoms with Gasteiger partial charge in [0.1, 0.15) is 0 Å². The Morgan fingerprint density at radius 3 is 2.76 bits per heavy atom. The van der Waals surface area contributed by atoms with Crippen LogP contribution in [0.5, 0.6) is 0 Å². The largest absolute Gasteiger partial charge is 0.463 e. The number of likely N-dealkylation sites (N-methyl/N-ethyl adjacent to an activating group) is 1. The van der Waals surface area contributed by atoms with Crippen molar-refractivity contribution in [2.45, 2.75) is 40.0 Å². The number of H-pyrrole nitrogens is 1. The summed E-state index contributed by atoms with van der Waals surface area (Å²) in [6.45, 7) is 10.5. The Kier molecular flexibility index (Phi) is 5.16. The van der Waals surface area contributed by atoms with Gasteiger partial charge in [0, 0.05) is 41.8 Å². The maximum absolute atomic E-state index is 12.7. The van der Waals surface area contributed by atoms with Crippen LogP contribution in [-0.2, 0) is 16.0 Å². The lowest BCUT2D eigenvalue weighted by Gasteiger charge is -2.29. The molecule has 1 aromatic carbocycles. The second-order valence-electron chi connectivity index (χ2n) is 6.97. The fraction of sp³-hybridized carbons (Fsp3) is 0.476. The Hall–Kier alpha value is -2.23. The summed E-state index contributed by atoms with van der Waals surface area (Å²) in [5.41, 5.74) is 4.41. The number of carbonyl (C=O) groups excluding carboxylic acids is 1. The van der Waals surface area contributed by atoms with Crippen LogP contribution in [0.15, 0.2) is 36.0 Å². The first-order valence-electron chi connectivity index (χ1n) is 9.29. The van der Waals surface area contributed by atoms with Gasteiger partial charge in [-0.2, -0.15) is 0 Å². The first kappa shape index (κ1) is 17.6. The first-order valence-corrected chi connectivity index (χ1v) is 9.29. The number of benzene rings is 1. The second-order valence-corrected chi connectivity index (χ2v) is 6.97. The summed E-state index contributed by atoms with van der Waals surface area (Å²) in [4.78, 5) is 18.6. The summed E-state index contributed by atoms with van der Waals surface area (Å²) in [6.07, 6.45) is 3.00. The molecule has 2 aromatic rings. The summed E-state index contributed by atoms with van der Waals surface area (Å²) < 4.78 is 5.39. The van der Waals surface area contributed by atoms with E-state index in [2.05, 4.69) is 54.9 Å². The minimum atomic E-state index is -0.203. The summed E-state index contributed by atoms with van der Waals surface area (Å²) >= 11 is 0. The van der Waals surface area contributed by atoms with Gasteiger partial charge in [-0.1, -0.05) is 32.0 Å². The molecule has 2 heterocycles. The van der Waals surface area contributed by atoms with Crippen LogP contribution >= 0.6 is 0 Å². The number of rotatable bonds is 4. The molecule has 4 heteroatoms. The fourth-order valence-corrected chi connectivity index (χ4v) is 3.84. The third kappa shape index (κ3) is 3.30. The average molecular weight is 340 g/mol. The van der Waals surface area contributed by atoms with Crippen molar-refractivity contribution in [1.29, 1.82) is 0 Å². The quantitative estimate of drug-likeness (QED) is 0.847. The Balaban J connectivity index is 2.20. The van der Waals surface area contributed by atoms with Crippen molar-refractivity contribution in [3.8, 4) is 0 Å². The Morgan fingerprint density at radius 1 is 1.32 bits per heavy atom. The fourth-order valence-electron chi connectivity index (χ4n) is 3.84. The van der Waals surface area contributed by atoms with Gasteiger partial charge >= 0.3 is 5.97 Å². The number of hydrogen-bond acceptors (Lipinski definition) is 3. The van der Waals surface area contributed by atoms with Crippen molar-refractivity contribution in [3.05, 3.63) is 47.3 Å². The van der Waals surface area contributed by atoms with Crippen molar-refractivity contribution in [3.63, 3.8) is 0 Å². The molecule has 1 atom stereocenters. The van der Waals surface area contributed by atoms with E-state index in [1.54, 1.807) is 0 Å².